The van der Waals surface area contributed by atoms with E-state index in [4.69, 9.17) is 4.74 Å². The summed E-state index contributed by atoms with van der Waals surface area (Å²) in [5, 5.41) is 3.33. The molecule has 5 nitrogen and oxygen atoms in total. The topological polar surface area (TPSA) is 46.5 Å². The summed E-state index contributed by atoms with van der Waals surface area (Å²) in [5.41, 5.74) is 0.595. The van der Waals surface area contributed by atoms with Crippen molar-refractivity contribution in [3.63, 3.8) is 0 Å². The van der Waals surface area contributed by atoms with Crippen LogP contribution >= 0.6 is 0 Å². The lowest BCUT2D eigenvalue weighted by molar-refractivity contribution is 0.0464. The first-order valence-corrected chi connectivity index (χ1v) is 6.73. The lowest BCUT2D eigenvalue weighted by atomic mass is 9.99. The van der Waals surface area contributed by atoms with Crippen molar-refractivity contribution in [2.24, 2.45) is 0 Å². The van der Waals surface area contributed by atoms with Gasteiger partial charge < -0.3 is 19.5 Å². The summed E-state index contributed by atoms with van der Waals surface area (Å²) in [4.78, 5) is 14.7. The quantitative estimate of drug-likeness (QED) is 0.882. The Balaban J connectivity index is 2.17. The van der Waals surface area contributed by atoms with E-state index in [1.807, 2.05) is 27.8 Å². The predicted molar refractivity (Wildman–Crippen MR) is 74.3 cm³/mol. The molecule has 5 heteroatoms. The van der Waals surface area contributed by atoms with Crippen LogP contribution in [0, 0.1) is 0 Å². The molecule has 2 rings (SSSR count). The van der Waals surface area contributed by atoms with Gasteiger partial charge in [0.15, 0.2) is 0 Å². The molecule has 19 heavy (non-hydrogen) atoms. The molecule has 2 heterocycles. The van der Waals surface area contributed by atoms with Gasteiger partial charge in [-0.15, -0.1) is 0 Å². The van der Waals surface area contributed by atoms with Crippen LogP contribution in [0.1, 0.15) is 24.3 Å². The Bertz CT molecular complexity index is 440. The molecule has 0 unspecified atom stereocenters. The van der Waals surface area contributed by atoms with Crippen molar-refractivity contribution in [2.75, 3.05) is 33.4 Å². The first-order chi connectivity index (χ1) is 9.06. The van der Waals surface area contributed by atoms with Gasteiger partial charge in [0.05, 0.1) is 12.1 Å². The van der Waals surface area contributed by atoms with E-state index in [2.05, 4.69) is 19.2 Å². The van der Waals surface area contributed by atoms with E-state index < -0.39 is 0 Å². The highest BCUT2D eigenvalue weighted by Crippen LogP contribution is 2.19. The predicted octanol–water partition coefficient (Wildman–Crippen LogP) is 0.958. The number of nitrogens with zero attached hydrogens (tertiary/aromatic N) is 2. The maximum Gasteiger partial charge on any atom is 0.271 e. The normalized spacial score (nSPS) is 18.6. The molecule has 0 atom stereocenters. The second-order valence-electron chi connectivity index (χ2n) is 5.53. The van der Waals surface area contributed by atoms with Crippen molar-refractivity contribution in [2.45, 2.75) is 25.9 Å². The van der Waals surface area contributed by atoms with Crippen molar-refractivity contribution in [3.8, 4) is 0 Å². The molecule has 0 aromatic carbocycles. The third-order valence-electron chi connectivity index (χ3n) is 3.63. The monoisotopic (exact) mass is 265 g/mol. The van der Waals surface area contributed by atoms with E-state index in [1.165, 1.54) is 0 Å². The lowest BCUT2D eigenvalue weighted by Crippen LogP contribution is -2.60. The van der Waals surface area contributed by atoms with E-state index in [0.29, 0.717) is 13.2 Å². The second kappa shape index (κ2) is 5.75. The van der Waals surface area contributed by atoms with Crippen LogP contribution in [0.5, 0.6) is 0 Å². The summed E-state index contributed by atoms with van der Waals surface area (Å²) in [6.07, 6.45) is 1.93. The average Bonchev–Trinajstić information content (AvgIpc) is 2.83. The van der Waals surface area contributed by atoms with Gasteiger partial charge in [0.2, 0.25) is 0 Å². The van der Waals surface area contributed by atoms with Crippen LogP contribution in [-0.4, -0.2) is 54.3 Å². The SMILES string of the molecule is COCCn1cccc1C(=O)N1CCNCC1(C)C. The number of ether oxygens (including phenoxy) is 1. The number of hydrogen-bond acceptors (Lipinski definition) is 3. The fraction of sp³-hybridized carbons (Fsp3) is 0.643. The van der Waals surface area contributed by atoms with Crippen molar-refractivity contribution in [3.05, 3.63) is 24.0 Å². The van der Waals surface area contributed by atoms with E-state index in [1.54, 1.807) is 7.11 Å². The third-order valence-corrected chi connectivity index (χ3v) is 3.63. The summed E-state index contributed by atoms with van der Waals surface area (Å²) >= 11 is 0. The first-order valence-electron chi connectivity index (χ1n) is 6.73. The lowest BCUT2D eigenvalue weighted by Gasteiger charge is -2.42. The van der Waals surface area contributed by atoms with Gasteiger partial charge in [-0.05, 0) is 26.0 Å². The molecule has 0 aliphatic carbocycles. The average molecular weight is 265 g/mol. The highest BCUT2D eigenvalue weighted by atomic mass is 16.5. The molecule has 0 bridgehead atoms. The van der Waals surface area contributed by atoms with Gasteiger partial charge in [0.25, 0.3) is 5.91 Å². The van der Waals surface area contributed by atoms with Crippen LogP contribution in [0.3, 0.4) is 0 Å². The number of hydrogen-bond donors (Lipinski definition) is 1. The summed E-state index contributed by atoms with van der Waals surface area (Å²) in [6.45, 7) is 7.95. The maximum atomic E-state index is 12.7. The number of nitrogens with one attached hydrogen (secondary N) is 1. The standard InChI is InChI=1S/C14H23N3O2/c1-14(2)11-15-6-8-17(14)13(18)12-5-4-7-16(12)9-10-19-3/h4-5,7,15H,6,8-11H2,1-3H3. The van der Waals surface area contributed by atoms with E-state index >= 15 is 0 Å². The Kier molecular flexibility index (Phi) is 4.27. The Morgan fingerprint density at radius 3 is 3.00 bits per heavy atom. The zero-order valence-corrected chi connectivity index (χ0v) is 12.0. The van der Waals surface area contributed by atoms with Gasteiger partial charge in [0.1, 0.15) is 5.69 Å². The van der Waals surface area contributed by atoms with Crippen LogP contribution in [0.25, 0.3) is 0 Å². The van der Waals surface area contributed by atoms with Crippen LogP contribution in [-0.2, 0) is 11.3 Å². The number of carbonyl (C=O) groups excluding carboxylic acids is 1. The summed E-state index contributed by atoms with van der Waals surface area (Å²) in [5.74, 6) is 0.104. The Labute approximate surface area is 114 Å². The van der Waals surface area contributed by atoms with Crippen molar-refractivity contribution >= 4 is 5.91 Å². The molecule has 0 spiro atoms. The fourth-order valence-electron chi connectivity index (χ4n) is 2.49. The second-order valence-corrected chi connectivity index (χ2v) is 5.53. The van der Waals surface area contributed by atoms with Crippen LogP contribution in [0.4, 0.5) is 0 Å². The van der Waals surface area contributed by atoms with Gasteiger partial charge in [-0.2, -0.15) is 0 Å². The van der Waals surface area contributed by atoms with Gasteiger partial charge in [-0.1, -0.05) is 0 Å². The number of methoxy groups -OCH3 is 1. The number of aromatic nitrogens is 1. The van der Waals surface area contributed by atoms with Gasteiger partial charge in [0, 0.05) is 39.5 Å². The van der Waals surface area contributed by atoms with Gasteiger partial charge in [-0.25, -0.2) is 0 Å². The summed E-state index contributed by atoms with van der Waals surface area (Å²) in [6, 6.07) is 3.80. The van der Waals surface area contributed by atoms with E-state index in [-0.39, 0.29) is 11.4 Å². The molecule has 1 saturated heterocycles. The largest absolute Gasteiger partial charge is 0.383 e. The van der Waals surface area contributed by atoms with E-state index in [0.717, 1.165) is 25.3 Å². The molecule has 1 N–H and O–H groups in total. The number of amides is 1. The number of piperazine rings is 1. The minimum absolute atomic E-state index is 0.104. The molecule has 106 valence electrons. The minimum Gasteiger partial charge on any atom is -0.383 e. The Hall–Kier alpha value is -1.33. The van der Waals surface area contributed by atoms with Crippen LogP contribution < -0.4 is 5.32 Å². The van der Waals surface area contributed by atoms with Gasteiger partial charge in [-0.3, -0.25) is 4.79 Å². The summed E-state index contributed by atoms with van der Waals surface area (Å²) in [7, 11) is 1.67. The van der Waals surface area contributed by atoms with Crippen LogP contribution in [0.15, 0.2) is 18.3 Å². The molecular weight excluding hydrogens is 242 g/mol. The maximum absolute atomic E-state index is 12.7. The van der Waals surface area contributed by atoms with Crippen molar-refractivity contribution < 1.29 is 9.53 Å². The molecule has 0 saturated carbocycles. The Morgan fingerprint density at radius 2 is 2.32 bits per heavy atom. The molecular formula is C14H23N3O2. The van der Waals surface area contributed by atoms with Crippen molar-refractivity contribution in [1.29, 1.82) is 0 Å². The molecule has 1 aromatic heterocycles. The van der Waals surface area contributed by atoms with E-state index in [9.17, 15) is 4.79 Å². The molecule has 1 amide bonds. The van der Waals surface area contributed by atoms with Crippen molar-refractivity contribution in [1.82, 2.24) is 14.8 Å². The highest BCUT2D eigenvalue weighted by molar-refractivity contribution is 5.93. The van der Waals surface area contributed by atoms with Gasteiger partial charge >= 0.3 is 0 Å². The third kappa shape index (κ3) is 2.98. The molecule has 1 aliphatic rings. The smallest absolute Gasteiger partial charge is 0.271 e. The Morgan fingerprint density at radius 1 is 1.53 bits per heavy atom. The molecule has 1 fully saturated rings. The summed E-state index contributed by atoms with van der Waals surface area (Å²) < 4.78 is 7.04. The van der Waals surface area contributed by atoms with Crippen LogP contribution in [0.2, 0.25) is 0 Å². The zero-order valence-electron chi connectivity index (χ0n) is 12.0. The molecule has 1 aromatic rings. The fourth-order valence-corrected chi connectivity index (χ4v) is 2.49. The molecule has 1 aliphatic heterocycles. The first kappa shape index (κ1) is 14.1. The highest BCUT2D eigenvalue weighted by Gasteiger charge is 2.34. The minimum atomic E-state index is -0.147. The zero-order chi connectivity index (χ0) is 13.9. The number of rotatable bonds is 4. The molecule has 0 radical (unpaired) electrons. The number of carbonyl (C=O) groups is 1.